The summed E-state index contributed by atoms with van der Waals surface area (Å²) in [6.07, 6.45) is 1.62. The molecule has 0 radical (unpaired) electrons. The Labute approximate surface area is 123 Å². The topological polar surface area (TPSA) is 57.6 Å². The van der Waals surface area contributed by atoms with Crippen LogP contribution in [0.15, 0.2) is 24.3 Å². The molecular weight excluding hydrogens is 273 g/mol. The van der Waals surface area contributed by atoms with Gasteiger partial charge in [0.25, 0.3) is 0 Å². The largest absolute Gasteiger partial charge is 0.480 e. The number of nitrogens with zero attached hydrogens (tertiary/aromatic N) is 1. The molecule has 1 saturated carbocycles. The van der Waals surface area contributed by atoms with Gasteiger partial charge in [0.15, 0.2) is 0 Å². The summed E-state index contributed by atoms with van der Waals surface area (Å²) in [7, 11) is 0. The highest BCUT2D eigenvalue weighted by Gasteiger charge is 2.39. The predicted molar refractivity (Wildman–Crippen MR) is 75.9 cm³/mol. The molecule has 1 N–H and O–H groups in total. The molecule has 1 aromatic rings. The fourth-order valence-electron chi connectivity index (χ4n) is 2.49. The first-order valence-corrected chi connectivity index (χ1v) is 7.18. The number of hydrogen-bond donors (Lipinski definition) is 1. The summed E-state index contributed by atoms with van der Waals surface area (Å²) in [5.74, 6) is -1.82. The third-order valence-electron chi connectivity index (χ3n) is 3.67. The average Bonchev–Trinajstić information content (AvgIpc) is 3.20. The second-order valence-electron chi connectivity index (χ2n) is 5.90. The van der Waals surface area contributed by atoms with Crippen LogP contribution in [0.4, 0.5) is 4.39 Å². The van der Waals surface area contributed by atoms with Gasteiger partial charge in [-0.25, -0.2) is 9.18 Å². The number of halogens is 1. The number of aliphatic carboxylic acids is 1. The van der Waals surface area contributed by atoms with Crippen LogP contribution in [-0.2, 0) is 16.1 Å². The van der Waals surface area contributed by atoms with Crippen LogP contribution < -0.4 is 0 Å². The van der Waals surface area contributed by atoms with Gasteiger partial charge < -0.3 is 10.0 Å². The highest BCUT2D eigenvalue weighted by molar-refractivity contribution is 5.86. The fraction of sp³-hybridized carbons (Fsp3) is 0.500. The fourth-order valence-corrected chi connectivity index (χ4v) is 2.49. The molecule has 1 amide bonds. The summed E-state index contributed by atoms with van der Waals surface area (Å²) < 4.78 is 13.3. The maximum atomic E-state index is 13.3. The molecule has 1 aliphatic rings. The summed E-state index contributed by atoms with van der Waals surface area (Å²) in [4.78, 5) is 25.3. The molecule has 0 bridgehead atoms. The SMILES string of the molecule is CC(C)C(C(=O)O)N(Cc1cccc(F)c1)C(=O)C1CC1. The van der Waals surface area contributed by atoms with Gasteiger partial charge in [0, 0.05) is 12.5 Å². The van der Waals surface area contributed by atoms with E-state index in [1.54, 1.807) is 26.0 Å². The van der Waals surface area contributed by atoms with Crippen LogP contribution in [0, 0.1) is 17.7 Å². The van der Waals surface area contributed by atoms with Crippen LogP contribution in [0.2, 0.25) is 0 Å². The smallest absolute Gasteiger partial charge is 0.326 e. The number of carboxylic acids is 1. The number of hydrogen-bond acceptors (Lipinski definition) is 2. The van der Waals surface area contributed by atoms with Gasteiger partial charge >= 0.3 is 5.97 Å². The molecule has 21 heavy (non-hydrogen) atoms. The first kappa shape index (κ1) is 15.5. The third-order valence-corrected chi connectivity index (χ3v) is 3.67. The monoisotopic (exact) mass is 293 g/mol. The van der Waals surface area contributed by atoms with Crippen molar-refractivity contribution in [3.63, 3.8) is 0 Å². The lowest BCUT2D eigenvalue weighted by atomic mass is 10.0. The predicted octanol–water partition coefficient (Wildman–Crippen LogP) is 2.67. The van der Waals surface area contributed by atoms with Gasteiger partial charge in [-0.05, 0) is 36.5 Å². The van der Waals surface area contributed by atoms with Crippen LogP contribution >= 0.6 is 0 Å². The van der Waals surface area contributed by atoms with E-state index in [4.69, 9.17) is 0 Å². The van der Waals surface area contributed by atoms with Crippen molar-refractivity contribution < 1.29 is 19.1 Å². The highest BCUT2D eigenvalue weighted by Crippen LogP contribution is 2.33. The zero-order valence-electron chi connectivity index (χ0n) is 12.3. The van der Waals surface area contributed by atoms with Crippen LogP contribution in [0.5, 0.6) is 0 Å². The zero-order valence-corrected chi connectivity index (χ0v) is 12.3. The number of carbonyl (C=O) groups excluding carboxylic acids is 1. The van der Waals surface area contributed by atoms with Crippen molar-refractivity contribution in [1.29, 1.82) is 0 Å². The van der Waals surface area contributed by atoms with Gasteiger partial charge in [0.2, 0.25) is 5.91 Å². The van der Waals surface area contributed by atoms with Crippen molar-refractivity contribution in [3.05, 3.63) is 35.6 Å². The van der Waals surface area contributed by atoms with Crippen LogP contribution in [0.3, 0.4) is 0 Å². The molecule has 0 spiro atoms. The molecular formula is C16H20FNO3. The van der Waals surface area contributed by atoms with E-state index in [1.165, 1.54) is 17.0 Å². The molecule has 0 saturated heterocycles. The maximum Gasteiger partial charge on any atom is 0.326 e. The second kappa shape index (κ2) is 6.24. The number of rotatable bonds is 6. The number of carbonyl (C=O) groups is 2. The standard InChI is InChI=1S/C16H20FNO3/c1-10(2)14(16(20)21)18(15(19)12-6-7-12)9-11-4-3-5-13(17)8-11/h3-5,8,10,12,14H,6-7,9H2,1-2H3,(H,20,21). The average molecular weight is 293 g/mol. The Morgan fingerprint density at radius 1 is 1.38 bits per heavy atom. The van der Waals surface area contributed by atoms with E-state index in [2.05, 4.69) is 0 Å². The summed E-state index contributed by atoms with van der Waals surface area (Å²) in [5, 5.41) is 9.43. The van der Waals surface area contributed by atoms with Crippen molar-refractivity contribution in [1.82, 2.24) is 4.90 Å². The van der Waals surface area contributed by atoms with Gasteiger partial charge in [-0.3, -0.25) is 4.79 Å². The van der Waals surface area contributed by atoms with Crippen LogP contribution in [0.1, 0.15) is 32.3 Å². The third kappa shape index (κ3) is 3.80. The quantitative estimate of drug-likeness (QED) is 0.877. The summed E-state index contributed by atoms with van der Waals surface area (Å²) in [6, 6.07) is 5.05. The van der Waals surface area contributed by atoms with Crippen molar-refractivity contribution >= 4 is 11.9 Å². The minimum atomic E-state index is -1.02. The summed E-state index contributed by atoms with van der Waals surface area (Å²) in [5.41, 5.74) is 0.607. The lowest BCUT2D eigenvalue weighted by Crippen LogP contribution is -2.48. The Bertz CT molecular complexity index is 540. The first-order valence-electron chi connectivity index (χ1n) is 7.18. The number of carboxylic acid groups (broad SMARTS) is 1. The van der Waals surface area contributed by atoms with E-state index in [-0.39, 0.29) is 30.1 Å². The minimum Gasteiger partial charge on any atom is -0.480 e. The van der Waals surface area contributed by atoms with E-state index in [0.29, 0.717) is 5.56 Å². The molecule has 1 atom stereocenters. The Balaban J connectivity index is 2.26. The molecule has 1 aromatic carbocycles. The summed E-state index contributed by atoms with van der Waals surface area (Å²) >= 11 is 0. The van der Waals surface area contributed by atoms with Gasteiger partial charge in [-0.15, -0.1) is 0 Å². The second-order valence-corrected chi connectivity index (χ2v) is 5.90. The highest BCUT2D eigenvalue weighted by atomic mass is 19.1. The summed E-state index contributed by atoms with van der Waals surface area (Å²) in [6.45, 7) is 3.68. The normalized spacial score (nSPS) is 15.8. The van der Waals surface area contributed by atoms with E-state index < -0.39 is 12.0 Å². The van der Waals surface area contributed by atoms with Crippen molar-refractivity contribution in [3.8, 4) is 0 Å². The van der Waals surface area contributed by atoms with Crippen molar-refractivity contribution in [2.75, 3.05) is 0 Å². The molecule has 1 aliphatic carbocycles. The molecule has 2 rings (SSSR count). The van der Waals surface area contributed by atoms with Gasteiger partial charge in [0.05, 0.1) is 0 Å². The van der Waals surface area contributed by atoms with E-state index in [0.717, 1.165) is 12.8 Å². The zero-order chi connectivity index (χ0) is 15.6. The van der Waals surface area contributed by atoms with Crippen molar-refractivity contribution in [2.45, 2.75) is 39.3 Å². The molecule has 5 heteroatoms. The van der Waals surface area contributed by atoms with Crippen LogP contribution in [0.25, 0.3) is 0 Å². The Kier molecular flexibility index (Phi) is 4.60. The Morgan fingerprint density at radius 3 is 2.52 bits per heavy atom. The van der Waals surface area contributed by atoms with E-state index in [1.807, 2.05) is 0 Å². The van der Waals surface area contributed by atoms with Crippen molar-refractivity contribution in [2.24, 2.45) is 11.8 Å². The minimum absolute atomic E-state index is 0.0702. The molecule has 114 valence electrons. The van der Waals surface area contributed by atoms with Gasteiger partial charge in [-0.2, -0.15) is 0 Å². The van der Waals surface area contributed by atoms with Gasteiger partial charge in [0.1, 0.15) is 11.9 Å². The number of amides is 1. The molecule has 4 nitrogen and oxygen atoms in total. The molecule has 0 heterocycles. The lowest BCUT2D eigenvalue weighted by molar-refractivity contribution is -0.153. The molecule has 0 aromatic heterocycles. The number of benzene rings is 1. The molecule has 1 fully saturated rings. The molecule has 1 unspecified atom stereocenters. The Morgan fingerprint density at radius 2 is 2.05 bits per heavy atom. The maximum absolute atomic E-state index is 13.3. The Hall–Kier alpha value is -1.91. The van der Waals surface area contributed by atoms with Crippen LogP contribution in [-0.4, -0.2) is 27.9 Å². The lowest BCUT2D eigenvalue weighted by Gasteiger charge is -2.31. The molecule has 0 aliphatic heterocycles. The van der Waals surface area contributed by atoms with E-state index >= 15 is 0 Å². The first-order chi connectivity index (χ1) is 9.90. The van der Waals surface area contributed by atoms with Gasteiger partial charge in [-0.1, -0.05) is 26.0 Å². The van der Waals surface area contributed by atoms with E-state index in [9.17, 15) is 19.1 Å².